The van der Waals surface area contributed by atoms with Gasteiger partial charge in [-0.05, 0) is 89.1 Å². The van der Waals surface area contributed by atoms with Crippen LogP contribution in [0.2, 0.25) is 0 Å². The molecule has 0 atom stereocenters. The van der Waals surface area contributed by atoms with Crippen molar-refractivity contribution in [3.8, 4) is 34.8 Å². The number of aryl methyl sites for hydroxylation is 1. The number of nitrogens with zero attached hydrogens (tertiary/aromatic N) is 4. The molecule has 0 aliphatic rings. The normalized spacial score (nSPS) is 11.2. The summed E-state index contributed by atoms with van der Waals surface area (Å²) < 4.78 is 62.4. The minimum Gasteiger partial charge on any atom is -0.455 e. The fourth-order valence-electron chi connectivity index (χ4n) is 5.78. The monoisotopic (exact) mass is 858 g/mol. The summed E-state index contributed by atoms with van der Waals surface area (Å²) in [6.45, 7) is 1.78. The molecule has 2 amide bonds. The highest BCUT2D eigenvalue weighted by Gasteiger charge is 2.26. The molecular formula is C39H35BrN6O8S2. The van der Waals surface area contributed by atoms with Crippen LogP contribution in [0.1, 0.15) is 37.4 Å². The third-order valence-corrected chi connectivity index (χ3v) is 11.9. The first kappa shape index (κ1) is 41.0. The van der Waals surface area contributed by atoms with E-state index in [0.29, 0.717) is 88.3 Å². The lowest BCUT2D eigenvalue weighted by molar-refractivity contribution is 0.0956. The zero-order valence-corrected chi connectivity index (χ0v) is 34.4. The zero-order valence-electron chi connectivity index (χ0n) is 31.2. The molecule has 56 heavy (non-hydrogen) atoms. The van der Waals surface area contributed by atoms with Crippen LogP contribution in [0.3, 0.4) is 0 Å². The molecule has 0 fully saturated rings. The Hall–Kier alpha value is -6.14. The first-order valence-corrected chi connectivity index (χ1v) is 21.0. The Balaban J connectivity index is 0.000000214. The fourth-order valence-corrected chi connectivity index (χ4v) is 7.57. The van der Waals surface area contributed by atoms with E-state index in [1.807, 2.05) is 12.1 Å². The minimum atomic E-state index is -3.48. The van der Waals surface area contributed by atoms with E-state index in [4.69, 9.17) is 19.4 Å². The maximum atomic E-state index is 12.6. The van der Waals surface area contributed by atoms with Crippen molar-refractivity contribution in [1.29, 1.82) is 10.5 Å². The smallest absolute Gasteiger partial charge is 0.255 e. The number of carbonyl (C=O) groups is 2. The van der Waals surface area contributed by atoms with Crippen LogP contribution in [0.5, 0.6) is 0 Å². The second-order valence-corrected chi connectivity index (χ2v) is 17.4. The molecule has 0 aliphatic carbocycles. The molecule has 0 saturated carbocycles. The molecule has 2 aromatic heterocycles. The number of nitrogens with one attached hydrogen (secondary N) is 2. The average Bonchev–Trinajstić information content (AvgIpc) is 3.73. The number of nitriles is 2. The van der Waals surface area contributed by atoms with Crippen molar-refractivity contribution in [3.63, 3.8) is 0 Å². The third-order valence-electron chi connectivity index (χ3n) is 8.90. The first-order chi connectivity index (χ1) is 26.3. The molecular weight excluding hydrogens is 825 g/mol. The second kappa shape index (κ2) is 15.9. The molecule has 6 aromatic rings. The highest BCUT2D eigenvalue weighted by atomic mass is 79.9. The lowest BCUT2D eigenvalue weighted by Crippen LogP contribution is -2.25. The Morgan fingerprint density at radius 2 is 1.04 bits per heavy atom. The van der Waals surface area contributed by atoms with Crippen molar-refractivity contribution in [2.75, 3.05) is 49.3 Å². The molecule has 288 valence electrons. The topological polar surface area (TPSA) is 207 Å². The molecule has 14 nitrogen and oxygen atoms in total. The van der Waals surface area contributed by atoms with Gasteiger partial charge in [0.1, 0.15) is 22.7 Å². The van der Waals surface area contributed by atoms with E-state index in [2.05, 4.69) is 26.6 Å². The van der Waals surface area contributed by atoms with Gasteiger partial charge in [-0.2, -0.15) is 10.5 Å². The van der Waals surface area contributed by atoms with Crippen LogP contribution >= 0.6 is 15.9 Å². The molecule has 2 heterocycles. The van der Waals surface area contributed by atoms with E-state index < -0.39 is 20.0 Å². The van der Waals surface area contributed by atoms with Gasteiger partial charge in [0.25, 0.3) is 11.8 Å². The Bertz CT molecular complexity index is 2640. The molecule has 4 aromatic carbocycles. The number of rotatable bonds is 8. The van der Waals surface area contributed by atoms with Gasteiger partial charge in [0.15, 0.2) is 0 Å². The largest absolute Gasteiger partial charge is 0.455 e. The van der Waals surface area contributed by atoms with Gasteiger partial charge in [0.05, 0.1) is 58.3 Å². The van der Waals surface area contributed by atoms with Crippen LogP contribution < -0.4 is 19.2 Å². The van der Waals surface area contributed by atoms with Crippen LogP contribution in [0.4, 0.5) is 11.4 Å². The van der Waals surface area contributed by atoms with E-state index in [9.17, 15) is 26.4 Å². The van der Waals surface area contributed by atoms with Gasteiger partial charge in [-0.15, -0.1) is 0 Å². The minimum absolute atomic E-state index is 0.318. The predicted octanol–water partition coefficient (Wildman–Crippen LogP) is 6.52. The van der Waals surface area contributed by atoms with Crippen molar-refractivity contribution in [1.82, 2.24) is 10.6 Å². The first-order valence-electron chi connectivity index (χ1n) is 16.5. The van der Waals surface area contributed by atoms with Gasteiger partial charge in [-0.25, -0.2) is 16.8 Å². The summed E-state index contributed by atoms with van der Waals surface area (Å²) in [5.41, 5.74) is 5.26. The van der Waals surface area contributed by atoms with Gasteiger partial charge in [0.2, 0.25) is 20.0 Å². The number of hydrogen-bond acceptors (Lipinski definition) is 10. The van der Waals surface area contributed by atoms with Crippen molar-refractivity contribution >= 4 is 81.1 Å². The van der Waals surface area contributed by atoms with E-state index >= 15 is 0 Å². The van der Waals surface area contributed by atoms with Gasteiger partial charge in [-0.1, -0.05) is 0 Å². The SMILES string of the molecule is CNC(=O)c1c(-c2ccc(C#N)cc2)oc2cc(N(C)S(C)(=O)=O)c(Br)cc12.CNC(=O)c1c(-c2ccc(C#N)cc2)oc2cc(N(C)S(C)(=O)=O)c(C)cc12. The van der Waals surface area contributed by atoms with Crippen LogP contribution in [0, 0.1) is 29.6 Å². The molecule has 17 heteroatoms. The highest BCUT2D eigenvalue weighted by molar-refractivity contribution is 9.10. The van der Waals surface area contributed by atoms with Gasteiger partial charge in [-0.3, -0.25) is 18.2 Å². The predicted molar refractivity (Wildman–Crippen MR) is 218 cm³/mol. The summed E-state index contributed by atoms with van der Waals surface area (Å²) >= 11 is 3.38. The lowest BCUT2D eigenvalue weighted by Gasteiger charge is -2.18. The van der Waals surface area contributed by atoms with Crippen molar-refractivity contribution in [2.45, 2.75) is 6.92 Å². The van der Waals surface area contributed by atoms with E-state index in [-0.39, 0.29) is 11.8 Å². The van der Waals surface area contributed by atoms with Crippen molar-refractivity contribution < 1.29 is 35.3 Å². The van der Waals surface area contributed by atoms with Crippen molar-refractivity contribution in [3.05, 3.63) is 105 Å². The number of benzene rings is 4. The average molecular weight is 860 g/mol. The maximum Gasteiger partial charge on any atom is 0.255 e. The summed E-state index contributed by atoms with van der Waals surface area (Å²) in [7, 11) is -0.978. The van der Waals surface area contributed by atoms with Crippen LogP contribution in [-0.2, 0) is 20.0 Å². The number of fused-ring (bicyclic) bond motifs is 2. The van der Waals surface area contributed by atoms with Crippen LogP contribution in [-0.4, -0.2) is 69.4 Å². The molecule has 6 rings (SSSR count). The Labute approximate surface area is 332 Å². The molecule has 0 aliphatic heterocycles. The second-order valence-electron chi connectivity index (χ2n) is 12.5. The van der Waals surface area contributed by atoms with E-state index in [1.165, 1.54) is 32.5 Å². The third kappa shape index (κ3) is 8.11. The maximum absolute atomic E-state index is 12.6. The number of halogens is 1. The van der Waals surface area contributed by atoms with Gasteiger partial charge in [0, 0.05) is 66.7 Å². The standard InChI is InChI=1S/C20H19N3O4S.C19H16BrN3O4S/c1-12-9-15-17(10-16(12)23(3)28(4,25)26)27-19(18(15)20(24)22-2)14-7-5-13(11-21)6-8-14;1-22-19(24)17-13-8-14(20)15(23(2)28(3,25)26)9-16(13)27-18(17)12-6-4-11(10-21)5-7-12/h5-10H,1-4H3,(H,22,24);4-9H,1-3H3,(H,22,24). The van der Waals surface area contributed by atoms with E-state index in [0.717, 1.165) is 16.8 Å². The van der Waals surface area contributed by atoms with Gasteiger partial charge >= 0.3 is 0 Å². The Morgan fingerprint density at radius 3 is 1.41 bits per heavy atom. The number of hydrogen-bond donors (Lipinski definition) is 2. The fraction of sp³-hybridized carbons (Fsp3) is 0.179. The van der Waals surface area contributed by atoms with Gasteiger partial charge < -0.3 is 19.5 Å². The summed E-state index contributed by atoms with van der Waals surface area (Å²) in [6.07, 6.45) is 2.22. The zero-order chi connectivity index (χ0) is 41.3. The molecule has 0 bridgehead atoms. The quantitative estimate of drug-likeness (QED) is 0.169. The van der Waals surface area contributed by atoms with E-state index in [1.54, 1.807) is 79.7 Å². The molecule has 2 N–H and O–H groups in total. The Kier molecular flexibility index (Phi) is 11.7. The Morgan fingerprint density at radius 1 is 0.661 bits per heavy atom. The molecule has 0 unspecified atom stereocenters. The summed E-state index contributed by atoms with van der Waals surface area (Å²) in [5.74, 6) is 0.0400. The summed E-state index contributed by atoms with van der Waals surface area (Å²) in [5, 5.41) is 24.3. The van der Waals surface area contributed by atoms with Crippen LogP contribution in [0.15, 0.2) is 86.1 Å². The number of furan rings is 2. The highest BCUT2D eigenvalue weighted by Crippen LogP contribution is 2.40. The molecule has 0 saturated heterocycles. The van der Waals surface area contributed by atoms with Crippen LogP contribution in [0.25, 0.3) is 44.6 Å². The number of sulfonamides is 2. The lowest BCUT2D eigenvalue weighted by atomic mass is 10.0. The number of carbonyl (C=O) groups excluding carboxylic acids is 2. The summed E-state index contributed by atoms with van der Waals surface area (Å²) in [4.78, 5) is 25.1. The van der Waals surface area contributed by atoms with Crippen molar-refractivity contribution in [2.24, 2.45) is 0 Å². The number of amides is 2. The molecule has 0 spiro atoms. The summed E-state index contributed by atoms with van der Waals surface area (Å²) in [6, 6.07) is 24.0. The molecule has 0 radical (unpaired) electrons. The number of anilines is 2.